The zero-order chi connectivity index (χ0) is 15.2. The van der Waals surface area contributed by atoms with Crippen molar-refractivity contribution in [3.8, 4) is 0 Å². The molecule has 108 valence electrons. The first kappa shape index (κ1) is 15.1. The van der Waals surface area contributed by atoms with Gasteiger partial charge in [0.05, 0.1) is 6.42 Å². The van der Waals surface area contributed by atoms with E-state index < -0.39 is 5.97 Å². The Kier molecular flexibility index (Phi) is 4.94. The van der Waals surface area contributed by atoms with Crippen molar-refractivity contribution in [1.82, 2.24) is 0 Å². The van der Waals surface area contributed by atoms with Crippen molar-refractivity contribution in [2.24, 2.45) is 0 Å². The quantitative estimate of drug-likeness (QED) is 0.787. The van der Waals surface area contributed by atoms with E-state index in [1.54, 1.807) is 36.4 Å². The number of carbonyl (C=O) groups is 2. The molecule has 2 amide bonds. The second-order valence-corrected chi connectivity index (χ2v) is 5.27. The molecule has 0 saturated heterocycles. The number of benzene rings is 2. The standard InChI is InChI=1S/C15H13BrN2O3/c16-11-2-1-3-13(9-11)18-15(21)17-12-6-4-10(5-7-12)8-14(19)20/h1-7,9H,8H2,(H,19,20)(H2,17,18,21). The molecular weight excluding hydrogens is 336 g/mol. The summed E-state index contributed by atoms with van der Waals surface area (Å²) in [6.07, 6.45) is -0.0372. The van der Waals surface area contributed by atoms with E-state index in [0.29, 0.717) is 16.9 Å². The first-order chi connectivity index (χ1) is 10.0. The van der Waals surface area contributed by atoms with Crippen molar-refractivity contribution in [2.75, 3.05) is 10.6 Å². The lowest BCUT2D eigenvalue weighted by Crippen LogP contribution is -2.19. The van der Waals surface area contributed by atoms with Crippen LogP contribution >= 0.6 is 15.9 Å². The molecule has 0 fully saturated rings. The minimum absolute atomic E-state index is 0.0372. The highest BCUT2D eigenvalue weighted by atomic mass is 79.9. The van der Waals surface area contributed by atoms with E-state index in [1.165, 1.54) is 0 Å². The molecule has 2 aromatic carbocycles. The van der Waals surface area contributed by atoms with Crippen molar-refractivity contribution in [1.29, 1.82) is 0 Å². The zero-order valence-electron chi connectivity index (χ0n) is 11.0. The molecule has 0 unspecified atom stereocenters. The molecule has 0 bridgehead atoms. The van der Waals surface area contributed by atoms with Crippen molar-refractivity contribution in [3.63, 3.8) is 0 Å². The molecule has 0 atom stereocenters. The number of anilines is 2. The molecule has 5 nitrogen and oxygen atoms in total. The smallest absolute Gasteiger partial charge is 0.323 e. The molecule has 2 rings (SSSR count). The Balaban J connectivity index is 1.95. The fourth-order valence-corrected chi connectivity index (χ4v) is 2.14. The summed E-state index contributed by atoms with van der Waals surface area (Å²) in [5.41, 5.74) is 1.95. The fraction of sp³-hybridized carbons (Fsp3) is 0.0667. The highest BCUT2D eigenvalue weighted by molar-refractivity contribution is 9.10. The van der Waals surface area contributed by atoms with Crippen LogP contribution in [0.4, 0.5) is 16.2 Å². The number of carbonyl (C=O) groups excluding carboxylic acids is 1. The average molecular weight is 349 g/mol. The van der Waals surface area contributed by atoms with Gasteiger partial charge in [0.25, 0.3) is 0 Å². The molecule has 0 aliphatic rings. The Morgan fingerprint density at radius 3 is 2.29 bits per heavy atom. The summed E-state index contributed by atoms with van der Waals surface area (Å²) >= 11 is 3.33. The SMILES string of the molecule is O=C(O)Cc1ccc(NC(=O)Nc2cccc(Br)c2)cc1. The number of rotatable bonds is 4. The topological polar surface area (TPSA) is 78.4 Å². The van der Waals surface area contributed by atoms with E-state index in [4.69, 9.17) is 5.11 Å². The molecule has 0 saturated carbocycles. The van der Waals surface area contributed by atoms with Gasteiger partial charge in [-0.05, 0) is 35.9 Å². The van der Waals surface area contributed by atoms with Crippen LogP contribution in [0, 0.1) is 0 Å². The van der Waals surface area contributed by atoms with E-state index >= 15 is 0 Å². The Morgan fingerprint density at radius 1 is 1.00 bits per heavy atom. The van der Waals surface area contributed by atoms with Crippen LogP contribution in [-0.2, 0) is 11.2 Å². The number of carboxylic acid groups (broad SMARTS) is 1. The highest BCUT2D eigenvalue weighted by Crippen LogP contribution is 2.16. The van der Waals surface area contributed by atoms with Crippen LogP contribution in [0.3, 0.4) is 0 Å². The Hall–Kier alpha value is -2.34. The van der Waals surface area contributed by atoms with Gasteiger partial charge in [0.15, 0.2) is 0 Å². The van der Waals surface area contributed by atoms with Gasteiger partial charge in [0.1, 0.15) is 0 Å². The van der Waals surface area contributed by atoms with Crippen molar-refractivity contribution in [3.05, 3.63) is 58.6 Å². The summed E-state index contributed by atoms with van der Waals surface area (Å²) in [7, 11) is 0. The monoisotopic (exact) mass is 348 g/mol. The second kappa shape index (κ2) is 6.90. The van der Waals surface area contributed by atoms with Crippen LogP contribution < -0.4 is 10.6 Å². The van der Waals surface area contributed by atoms with Gasteiger partial charge in [-0.2, -0.15) is 0 Å². The number of nitrogens with one attached hydrogen (secondary N) is 2. The number of hydrogen-bond donors (Lipinski definition) is 3. The molecule has 0 aliphatic heterocycles. The van der Waals surface area contributed by atoms with E-state index in [0.717, 1.165) is 4.47 Å². The summed E-state index contributed by atoms with van der Waals surface area (Å²) in [6, 6.07) is 13.6. The van der Waals surface area contributed by atoms with Crippen molar-refractivity contribution < 1.29 is 14.7 Å². The van der Waals surface area contributed by atoms with Gasteiger partial charge >= 0.3 is 12.0 Å². The molecule has 0 aromatic heterocycles. The molecule has 21 heavy (non-hydrogen) atoms. The minimum Gasteiger partial charge on any atom is -0.481 e. The number of carboxylic acids is 1. The maximum Gasteiger partial charge on any atom is 0.323 e. The molecule has 3 N–H and O–H groups in total. The van der Waals surface area contributed by atoms with Crippen molar-refractivity contribution >= 4 is 39.3 Å². The average Bonchev–Trinajstić information content (AvgIpc) is 2.40. The summed E-state index contributed by atoms with van der Waals surface area (Å²) in [5, 5.41) is 14.1. The lowest BCUT2D eigenvalue weighted by Gasteiger charge is -2.08. The predicted molar refractivity (Wildman–Crippen MR) is 84.6 cm³/mol. The Labute approximate surface area is 130 Å². The van der Waals surface area contributed by atoms with Gasteiger partial charge < -0.3 is 15.7 Å². The third-order valence-electron chi connectivity index (χ3n) is 2.65. The molecule has 6 heteroatoms. The van der Waals surface area contributed by atoms with Crippen LogP contribution in [0.15, 0.2) is 53.0 Å². The summed E-state index contributed by atoms with van der Waals surface area (Å²) in [5.74, 6) is -0.886. The largest absolute Gasteiger partial charge is 0.481 e. The van der Waals surface area contributed by atoms with Gasteiger partial charge in [-0.15, -0.1) is 0 Å². The first-order valence-corrected chi connectivity index (χ1v) is 6.96. The van der Waals surface area contributed by atoms with E-state index in [2.05, 4.69) is 26.6 Å². The zero-order valence-corrected chi connectivity index (χ0v) is 12.6. The van der Waals surface area contributed by atoms with Crippen LogP contribution in [-0.4, -0.2) is 17.1 Å². The fourth-order valence-electron chi connectivity index (χ4n) is 1.74. The maximum atomic E-state index is 11.8. The first-order valence-electron chi connectivity index (χ1n) is 6.17. The lowest BCUT2D eigenvalue weighted by molar-refractivity contribution is -0.136. The molecule has 0 radical (unpaired) electrons. The third kappa shape index (κ3) is 4.92. The Morgan fingerprint density at radius 2 is 1.67 bits per heavy atom. The second-order valence-electron chi connectivity index (χ2n) is 4.36. The summed E-state index contributed by atoms with van der Waals surface area (Å²) in [4.78, 5) is 22.4. The number of hydrogen-bond acceptors (Lipinski definition) is 2. The molecule has 0 heterocycles. The van der Waals surface area contributed by atoms with Gasteiger partial charge in [0.2, 0.25) is 0 Å². The molecule has 0 spiro atoms. The van der Waals surface area contributed by atoms with Gasteiger partial charge in [-0.1, -0.05) is 34.1 Å². The molecule has 0 aliphatic carbocycles. The Bertz CT molecular complexity index is 656. The lowest BCUT2D eigenvalue weighted by atomic mass is 10.1. The normalized spacial score (nSPS) is 9.95. The van der Waals surface area contributed by atoms with Gasteiger partial charge in [-0.3, -0.25) is 4.79 Å². The number of amides is 2. The minimum atomic E-state index is -0.886. The van der Waals surface area contributed by atoms with Crippen LogP contribution in [0.5, 0.6) is 0 Å². The molecular formula is C15H13BrN2O3. The van der Waals surface area contributed by atoms with E-state index in [1.807, 2.05) is 12.1 Å². The molecule has 2 aromatic rings. The van der Waals surface area contributed by atoms with Crippen LogP contribution in [0.25, 0.3) is 0 Å². The van der Waals surface area contributed by atoms with Gasteiger partial charge in [-0.25, -0.2) is 4.79 Å². The third-order valence-corrected chi connectivity index (χ3v) is 3.14. The van der Waals surface area contributed by atoms with Crippen LogP contribution in [0.1, 0.15) is 5.56 Å². The summed E-state index contributed by atoms with van der Waals surface area (Å²) in [6.45, 7) is 0. The van der Waals surface area contributed by atoms with E-state index in [-0.39, 0.29) is 12.5 Å². The number of urea groups is 1. The van der Waals surface area contributed by atoms with Gasteiger partial charge in [0, 0.05) is 15.8 Å². The van der Waals surface area contributed by atoms with E-state index in [9.17, 15) is 9.59 Å². The summed E-state index contributed by atoms with van der Waals surface area (Å²) < 4.78 is 0.873. The number of halogens is 1. The predicted octanol–water partition coefficient (Wildman–Crippen LogP) is 3.72. The van der Waals surface area contributed by atoms with Crippen molar-refractivity contribution in [2.45, 2.75) is 6.42 Å². The van der Waals surface area contributed by atoms with Crippen LogP contribution in [0.2, 0.25) is 0 Å². The maximum absolute atomic E-state index is 11.8. The number of aliphatic carboxylic acids is 1. The highest BCUT2D eigenvalue weighted by Gasteiger charge is 2.04.